The molecular weight excluding hydrogens is 162 g/mol. The largest absolute Gasteiger partial charge is 0.298 e. The molecule has 0 N–H and O–H groups in total. The molecule has 0 fully saturated rings. The predicted octanol–water partition coefficient (Wildman–Crippen LogP) is 2.16. The molecule has 1 aromatic rings. The van der Waals surface area contributed by atoms with Crippen molar-refractivity contribution in [2.75, 3.05) is 0 Å². The second kappa shape index (κ2) is 3.01. The molecule has 0 spiro atoms. The molecule has 3 heteroatoms. The van der Waals surface area contributed by atoms with Crippen LogP contribution in [0.2, 0.25) is 5.15 Å². The van der Waals surface area contributed by atoms with Crippen LogP contribution >= 0.6 is 11.6 Å². The van der Waals surface area contributed by atoms with Gasteiger partial charge in [-0.25, -0.2) is 4.98 Å². The van der Waals surface area contributed by atoms with Crippen LogP contribution in [0, 0.1) is 13.8 Å². The maximum absolute atomic E-state index is 10.4. The van der Waals surface area contributed by atoms with Crippen molar-refractivity contribution < 1.29 is 4.79 Å². The van der Waals surface area contributed by atoms with Crippen LogP contribution in [-0.4, -0.2) is 11.3 Å². The van der Waals surface area contributed by atoms with E-state index in [-0.39, 0.29) is 0 Å². The molecule has 0 saturated carbocycles. The van der Waals surface area contributed by atoms with Crippen molar-refractivity contribution in [3.8, 4) is 0 Å². The van der Waals surface area contributed by atoms with Crippen molar-refractivity contribution >= 4 is 17.9 Å². The molecule has 0 amide bonds. The Morgan fingerprint density at radius 2 is 2.18 bits per heavy atom. The van der Waals surface area contributed by atoms with Gasteiger partial charge in [-0.3, -0.25) is 4.79 Å². The molecule has 0 bridgehead atoms. The van der Waals surface area contributed by atoms with Gasteiger partial charge in [0.2, 0.25) is 0 Å². The topological polar surface area (TPSA) is 30.0 Å². The lowest BCUT2D eigenvalue weighted by atomic mass is 10.2. The smallest absolute Gasteiger partial charge is 0.151 e. The van der Waals surface area contributed by atoms with Gasteiger partial charge in [0.25, 0.3) is 0 Å². The average molecular weight is 170 g/mol. The summed E-state index contributed by atoms with van der Waals surface area (Å²) >= 11 is 5.72. The van der Waals surface area contributed by atoms with E-state index in [1.165, 1.54) is 0 Å². The Hall–Kier alpha value is -0.890. The molecule has 0 saturated heterocycles. The number of pyridine rings is 1. The average Bonchev–Trinajstić information content (AvgIpc) is 1.97. The minimum Gasteiger partial charge on any atom is -0.298 e. The van der Waals surface area contributed by atoms with Crippen LogP contribution in [0.4, 0.5) is 0 Å². The summed E-state index contributed by atoms with van der Waals surface area (Å²) < 4.78 is 0. The lowest BCUT2D eigenvalue weighted by Gasteiger charge is -2.00. The van der Waals surface area contributed by atoms with Gasteiger partial charge in [-0.2, -0.15) is 0 Å². The fourth-order valence-corrected chi connectivity index (χ4v) is 0.998. The second-order valence-electron chi connectivity index (χ2n) is 2.39. The van der Waals surface area contributed by atoms with Gasteiger partial charge in [0, 0.05) is 11.3 Å². The normalized spacial score (nSPS) is 9.73. The molecule has 58 valence electrons. The molecule has 0 aliphatic carbocycles. The number of carbonyl (C=O) groups excluding carboxylic acids is 1. The van der Waals surface area contributed by atoms with E-state index < -0.39 is 0 Å². The van der Waals surface area contributed by atoms with Crippen molar-refractivity contribution in [2.45, 2.75) is 13.8 Å². The molecule has 0 unspecified atom stereocenters. The number of nitrogens with zero attached hydrogens (tertiary/aromatic N) is 1. The third kappa shape index (κ3) is 1.57. The maximum atomic E-state index is 10.4. The number of aldehydes is 1. The van der Waals surface area contributed by atoms with E-state index in [1.54, 1.807) is 13.0 Å². The van der Waals surface area contributed by atoms with E-state index in [0.717, 1.165) is 11.8 Å². The number of hydrogen-bond donors (Lipinski definition) is 0. The number of rotatable bonds is 1. The van der Waals surface area contributed by atoms with Gasteiger partial charge in [0.15, 0.2) is 6.29 Å². The van der Waals surface area contributed by atoms with Crippen molar-refractivity contribution in [3.05, 3.63) is 28.0 Å². The molecule has 2 nitrogen and oxygen atoms in total. The SMILES string of the molecule is Cc1cc(C=O)c(C)nc1Cl. The van der Waals surface area contributed by atoms with Gasteiger partial charge in [-0.05, 0) is 25.5 Å². The third-order valence-electron chi connectivity index (χ3n) is 1.51. The number of halogens is 1. The van der Waals surface area contributed by atoms with Crippen molar-refractivity contribution in [2.24, 2.45) is 0 Å². The molecule has 0 aliphatic heterocycles. The van der Waals surface area contributed by atoms with Gasteiger partial charge in [-0.1, -0.05) is 11.6 Å². The fraction of sp³-hybridized carbons (Fsp3) is 0.250. The van der Waals surface area contributed by atoms with Crippen molar-refractivity contribution in [1.29, 1.82) is 0 Å². The zero-order chi connectivity index (χ0) is 8.43. The van der Waals surface area contributed by atoms with Crippen LogP contribution in [0.1, 0.15) is 21.6 Å². The monoisotopic (exact) mass is 169 g/mol. The Balaban J connectivity index is 3.31. The number of carbonyl (C=O) groups is 1. The second-order valence-corrected chi connectivity index (χ2v) is 2.75. The number of aryl methyl sites for hydroxylation is 2. The number of hydrogen-bond acceptors (Lipinski definition) is 2. The van der Waals surface area contributed by atoms with E-state index in [0.29, 0.717) is 16.4 Å². The van der Waals surface area contributed by atoms with E-state index in [2.05, 4.69) is 4.98 Å². The highest BCUT2D eigenvalue weighted by Gasteiger charge is 2.02. The van der Waals surface area contributed by atoms with E-state index >= 15 is 0 Å². The predicted molar refractivity (Wildman–Crippen MR) is 44.1 cm³/mol. The lowest BCUT2D eigenvalue weighted by molar-refractivity contribution is 0.112. The van der Waals surface area contributed by atoms with Gasteiger partial charge < -0.3 is 0 Å². The summed E-state index contributed by atoms with van der Waals surface area (Å²) in [7, 11) is 0. The summed E-state index contributed by atoms with van der Waals surface area (Å²) in [6.07, 6.45) is 0.783. The molecule has 0 atom stereocenters. The summed E-state index contributed by atoms with van der Waals surface area (Å²) in [5, 5.41) is 0.466. The molecule has 1 heterocycles. The summed E-state index contributed by atoms with van der Waals surface area (Å²) in [6.45, 7) is 3.58. The molecule has 1 aromatic heterocycles. The van der Waals surface area contributed by atoms with Crippen LogP contribution < -0.4 is 0 Å². The zero-order valence-corrected chi connectivity index (χ0v) is 7.14. The first kappa shape index (κ1) is 8.21. The lowest BCUT2D eigenvalue weighted by Crippen LogP contribution is -1.93. The first-order valence-corrected chi connectivity index (χ1v) is 3.62. The van der Waals surface area contributed by atoms with Crippen molar-refractivity contribution in [1.82, 2.24) is 4.98 Å². The van der Waals surface area contributed by atoms with E-state index in [9.17, 15) is 4.79 Å². The van der Waals surface area contributed by atoms with E-state index in [4.69, 9.17) is 11.6 Å². The first-order chi connectivity index (χ1) is 5.15. The highest BCUT2D eigenvalue weighted by molar-refractivity contribution is 6.30. The van der Waals surface area contributed by atoms with Gasteiger partial charge in [0.05, 0.1) is 0 Å². The van der Waals surface area contributed by atoms with Crippen LogP contribution in [-0.2, 0) is 0 Å². The van der Waals surface area contributed by atoms with E-state index in [1.807, 2.05) is 6.92 Å². The minimum absolute atomic E-state index is 0.466. The highest BCUT2D eigenvalue weighted by atomic mass is 35.5. The third-order valence-corrected chi connectivity index (χ3v) is 1.89. The summed E-state index contributed by atoms with van der Waals surface area (Å²) in [4.78, 5) is 14.4. The molecule has 0 radical (unpaired) electrons. The van der Waals surface area contributed by atoms with Crippen LogP contribution in [0.15, 0.2) is 6.07 Å². The Labute approximate surface area is 70.2 Å². The molecule has 11 heavy (non-hydrogen) atoms. The molecule has 0 aliphatic rings. The quantitative estimate of drug-likeness (QED) is 0.477. The van der Waals surface area contributed by atoms with Gasteiger partial charge in [0.1, 0.15) is 5.15 Å². The standard InChI is InChI=1S/C8H8ClNO/c1-5-3-7(4-11)6(2)10-8(5)9/h3-4H,1-2H3. The summed E-state index contributed by atoms with van der Waals surface area (Å²) in [5.41, 5.74) is 2.11. The van der Waals surface area contributed by atoms with Crippen LogP contribution in [0.5, 0.6) is 0 Å². The van der Waals surface area contributed by atoms with Gasteiger partial charge >= 0.3 is 0 Å². The van der Waals surface area contributed by atoms with Crippen LogP contribution in [0.3, 0.4) is 0 Å². The Kier molecular flexibility index (Phi) is 2.25. The fourth-order valence-electron chi connectivity index (χ4n) is 0.817. The molecule has 0 aromatic carbocycles. The summed E-state index contributed by atoms with van der Waals surface area (Å²) in [6, 6.07) is 1.73. The zero-order valence-electron chi connectivity index (χ0n) is 6.39. The number of aromatic nitrogens is 1. The molecule has 1 rings (SSSR count). The maximum Gasteiger partial charge on any atom is 0.151 e. The minimum atomic E-state index is 0.466. The van der Waals surface area contributed by atoms with Crippen molar-refractivity contribution in [3.63, 3.8) is 0 Å². The van der Waals surface area contributed by atoms with Crippen LogP contribution in [0.25, 0.3) is 0 Å². The Bertz CT molecular complexity index is 296. The first-order valence-electron chi connectivity index (χ1n) is 3.24. The summed E-state index contributed by atoms with van der Waals surface area (Å²) in [5.74, 6) is 0. The Morgan fingerprint density at radius 3 is 2.73 bits per heavy atom. The highest BCUT2D eigenvalue weighted by Crippen LogP contribution is 2.14. The Morgan fingerprint density at radius 1 is 1.55 bits per heavy atom. The van der Waals surface area contributed by atoms with Gasteiger partial charge in [-0.15, -0.1) is 0 Å². The molecular formula is C8H8ClNO.